The van der Waals surface area contributed by atoms with E-state index >= 15 is 0 Å². The number of anilines is 2. The third-order valence-corrected chi connectivity index (χ3v) is 3.84. The highest BCUT2D eigenvalue weighted by Crippen LogP contribution is 2.36. The minimum absolute atomic E-state index is 0.630. The van der Waals surface area contributed by atoms with Crippen LogP contribution in [0.15, 0.2) is 42.5 Å². The first-order valence-electron chi connectivity index (χ1n) is 5.75. The van der Waals surface area contributed by atoms with Gasteiger partial charge in [0.2, 0.25) is 0 Å². The Bertz CT molecular complexity index is 634. The maximum absolute atomic E-state index is 9.19. The normalized spacial score (nSPS) is 10.0. The Morgan fingerprint density at radius 3 is 2.63 bits per heavy atom. The molecule has 0 radical (unpaired) electrons. The summed E-state index contributed by atoms with van der Waals surface area (Å²) in [6.07, 6.45) is 0. The van der Waals surface area contributed by atoms with E-state index in [1.807, 2.05) is 48.3 Å². The largest absolute Gasteiger partial charge is 0.342 e. The van der Waals surface area contributed by atoms with E-state index in [1.165, 1.54) is 0 Å². The van der Waals surface area contributed by atoms with Crippen molar-refractivity contribution in [2.45, 2.75) is 5.33 Å². The van der Waals surface area contributed by atoms with Gasteiger partial charge in [-0.05, 0) is 23.8 Å². The molecule has 0 fully saturated rings. The lowest BCUT2D eigenvalue weighted by Gasteiger charge is -2.24. The number of nitrogens with zero attached hydrogens (tertiary/aromatic N) is 2. The van der Waals surface area contributed by atoms with Crippen LogP contribution in [0.5, 0.6) is 0 Å². The van der Waals surface area contributed by atoms with Crippen LogP contribution in [-0.2, 0) is 5.33 Å². The Morgan fingerprint density at radius 2 is 1.95 bits per heavy atom. The zero-order valence-electron chi connectivity index (χ0n) is 10.4. The van der Waals surface area contributed by atoms with Gasteiger partial charge in [-0.15, -0.1) is 0 Å². The lowest BCUT2D eigenvalue weighted by molar-refractivity contribution is 1.17. The smallest absolute Gasteiger partial charge is 0.101 e. The molecule has 0 atom stereocenters. The molecule has 0 heterocycles. The molecule has 0 saturated heterocycles. The van der Waals surface area contributed by atoms with Gasteiger partial charge in [0.25, 0.3) is 0 Å². The van der Waals surface area contributed by atoms with E-state index in [1.54, 1.807) is 6.07 Å². The fourth-order valence-electron chi connectivity index (χ4n) is 2.02. The fraction of sp³-hybridized carbons (Fsp3) is 0.133. The van der Waals surface area contributed by atoms with E-state index in [-0.39, 0.29) is 0 Å². The molecule has 0 bridgehead atoms. The zero-order chi connectivity index (χ0) is 13.8. The quantitative estimate of drug-likeness (QED) is 0.748. The minimum atomic E-state index is 0.630. The Labute approximate surface area is 126 Å². The first kappa shape index (κ1) is 13.9. The maximum atomic E-state index is 9.19. The van der Waals surface area contributed by atoms with E-state index < -0.39 is 0 Å². The lowest BCUT2D eigenvalue weighted by atomic mass is 10.1. The third kappa shape index (κ3) is 2.75. The third-order valence-electron chi connectivity index (χ3n) is 2.94. The van der Waals surface area contributed by atoms with Crippen molar-refractivity contribution in [3.63, 3.8) is 0 Å². The first-order chi connectivity index (χ1) is 9.19. The molecular formula is C15H12BrClN2. The van der Waals surface area contributed by atoms with Gasteiger partial charge in [-0.3, -0.25) is 0 Å². The Morgan fingerprint density at radius 1 is 1.21 bits per heavy atom. The summed E-state index contributed by atoms with van der Waals surface area (Å²) in [5.74, 6) is 0. The van der Waals surface area contributed by atoms with Gasteiger partial charge >= 0.3 is 0 Å². The predicted molar refractivity (Wildman–Crippen MR) is 83.3 cm³/mol. The molecule has 0 aliphatic carbocycles. The van der Waals surface area contributed by atoms with Gasteiger partial charge in [-0.25, -0.2) is 0 Å². The number of benzene rings is 2. The van der Waals surface area contributed by atoms with Crippen molar-refractivity contribution in [2.75, 3.05) is 11.9 Å². The molecule has 2 nitrogen and oxygen atoms in total. The van der Waals surface area contributed by atoms with Gasteiger partial charge in [-0.1, -0.05) is 51.8 Å². The standard InChI is InChI=1S/C15H12BrClN2/c1-19(14-8-3-2-5-12(14)10-18)15-11(9-16)6-4-7-13(15)17/h2-8H,9H2,1H3. The number of halogens is 2. The summed E-state index contributed by atoms with van der Waals surface area (Å²) < 4.78 is 0. The first-order valence-corrected chi connectivity index (χ1v) is 7.25. The van der Waals surface area contributed by atoms with Crippen molar-refractivity contribution in [3.8, 4) is 6.07 Å². The SMILES string of the molecule is CN(c1ccccc1C#N)c1c(Cl)cccc1CBr. The highest BCUT2D eigenvalue weighted by atomic mass is 79.9. The van der Waals surface area contributed by atoms with Crippen LogP contribution < -0.4 is 4.90 Å². The highest BCUT2D eigenvalue weighted by Gasteiger charge is 2.15. The second kappa shape index (κ2) is 6.10. The van der Waals surface area contributed by atoms with Crippen LogP contribution in [0.25, 0.3) is 0 Å². The molecule has 0 spiro atoms. The van der Waals surface area contributed by atoms with E-state index in [9.17, 15) is 5.26 Å². The van der Waals surface area contributed by atoms with Crippen molar-refractivity contribution >= 4 is 38.9 Å². The van der Waals surface area contributed by atoms with Crippen LogP contribution in [0.3, 0.4) is 0 Å². The average Bonchev–Trinajstić information content (AvgIpc) is 2.46. The topological polar surface area (TPSA) is 27.0 Å². The molecule has 2 rings (SSSR count). The molecule has 0 aromatic heterocycles. The van der Waals surface area contributed by atoms with Crippen LogP contribution in [0.1, 0.15) is 11.1 Å². The van der Waals surface area contributed by atoms with E-state index in [2.05, 4.69) is 22.0 Å². The molecule has 2 aromatic carbocycles. The molecule has 0 saturated carbocycles. The number of hydrogen-bond donors (Lipinski definition) is 0. The van der Waals surface area contributed by atoms with Crippen molar-refractivity contribution in [1.82, 2.24) is 0 Å². The molecule has 2 aromatic rings. The molecule has 0 amide bonds. The maximum Gasteiger partial charge on any atom is 0.101 e. The Hall–Kier alpha value is -1.50. The van der Waals surface area contributed by atoms with Crippen molar-refractivity contribution in [2.24, 2.45) is 0 Å². The monoisotopic (exact) mass is 334 g/mol. The molecule has 0 N–H and O–H groups in total. The van der Waals surface area contributed by atoms with Gasteiger partial charge in [0.15, 0.2) is 0 Å². The van der Waals surface area contributed by atoms with Gasteiger partial charge in [0, 0.05) is 12.4 Å². The summed E-state index contributed by atoms with van der Waals surface area (Å²) in [5, 5.41) is 10.6. The van der Waals surface area contributed by atoms with Crippen LogP contribution in [0.4, 0.5) is 11.4 Å². The molecule has 0 aliphatic heterocycles. The van der Waals surface area contributed by atoms with Crippen LogP contribution in [-0.4, -0.2) is 7.05 Å². The number of hydrogen-bond acceptors (Lipinski definition) is 2. The fourth-order valence-corrected chi connectivity index (χ4v) is 2.80. The summed E-state index contributed by atoms with van der Waals surface area (Å²) >= 11 is 9.77. The lowest BCUT2D eigenvalue weighted by Crippen LogP contribution is -2.13. The van der Waals surface area contributed by atoms with Crippen LogP contribution in [0.2, 0.25) is 5.02 Å². The van der Waals surface area contributed by atoms with Crippen molar-refractivity contribution < 1.29 is 0 Å². The molecule has 19 heavy (non-hydrogen) atoms. The summed E-state index contributed by atoms with van der Waals surface area (Å²) in [7, 11) is 1.92. The molecule has 4 heteroatoms. The summed E-state index contributed by atoms with van der Waals surface area (Å²) in [6.45, 7) is 0. The summed E-state index contributed by atoms with van der Waals surface area (Å²) in [6, 6.07) is 15.5. The predicted octanol–water partition coefficient (Wildman–Crippen LogP) is 4.87. The molecular weight excluding hydrogens is 324 g/mol. The molecule has 0 unspecified atom stereocenters. The highest BCUT2D eigenvalue weighted by molar-refractivity contribution is 9.08. The van der Waals surface area contributed by atoms with Crippen LogP contribution >= 0.6 is 27.5 Å². The van der Waals surface area contributed by atoms with Crippen molar-refractivity contribution in [1.29, 1.82) is 5.26 Å². The number of alkyl halides is 1. The van der Waals surface area contributed by atoms with Crippen LogP contribution in [0, 0.1) is 11.3 Å². The van der Waals surface area contributed by atoms with E-state index in [0.29, 0.717) is 15.9 Å². The Balaban J connectivity index is 2.57. The second-order valence-electron chi connectivity index (χ2n) is 4.07. The Kier molecular flexibility index (Phi) is 4.47. The van der Waals surface area contributed by atoms with Gasteiger partial charge in [-0.2, -0.15) is 5.26 Å². The van der Waals surface area contributed by atoms with Crippen molar-refractivity contribution in [3.05, 3.63) is 58.6 Å². The average molecular weight is 336 g/mol. The second-order valence-corrected chi connectivity index (χ2v) is 5.04. The number of rotatable bonds is 3. The summed E-state index contributed by atoms with van der Waals surface area (Å²) in [4.78, 5) is 1.96. The minimum Gasteiger partial charge on any atom is -0.342 e. The van der Waals surface area contributed by atoms with Gasteiger partial charge < -0.3 is 4.90 Å². The van der Waals surface area contributed by atoms with E-state index in [4.69, 9.17) is 11.6 Å². The molecule has 96 valence electrons. The zero-order valence-corrected chi connectivity index (χ0v) is 12.7. The number of nitriles is 1. The summed E-state index contributed by atoms with van der Waals surface area (Å²) in [5.41, 5.74) is 3.48. The van der Waals surface area contributed by atoms with E-state index in [0.717, 1.165) is 16.9 Å². The van der Waals surface area contributed by atoms with Gasteiger partial charge in [0.05, 0.1) is 22.0 Å². The number of para-hydroxylation sites is 2. The van der Waals surface area contributed by atoms with Gasteiger partial charge in [0.1, 0.15) is 6.07 Å². The molecule has 0 aliphatic rings.